The summed E-state index contributed by atoms with van der Waals surface area (Å²) in [7, 11) is 0. The van der Waals surface area contributed by atoms with Gasteiger partial charge in [0.2, 0.25) is 0 Å². The fourth-order valence-electron chi connectivity index (χ4n) is 4.94. The van der Waals surface area contributed by atoms with E-state index < -0.39 is 0 Å². The summed E-state index contributed by atoms with van der Waals surface area (Å²) in [5.41, 5.74) is 9.61. The summed E-state index contributed by atoms with van der Waals surface area (Å²) in [6.07, 6.45) is 29.2. The van der Waals surface area contributed by atoms with Crippen LogP contribution >= 0.6 is 0 Å². The van der Waals surface area contributed by atoms with E-state index in [9.17, 15) is 5.26 Å². The van der Waals surface area contributed by atoms with Gasteiger partial charge in [0.25, 0.3) is 0 Å². The van der Waals surface area contributed by atoms with E-state index in [1.165, 1.54) is 11.1 Å². The third-order valence-electron chi connectivity index (χ3n) is 7.32. The van der Waals surface area contributed by atoms with Crippen molar-refractivity contribution in [1.29, 1.82) is 5.26 Å². The highest BCUT2D eigenvalue weighted by Gasteiger charge is 2.32. The molecule has 0 fully saturated rings. The summed E-state index contributed by atoms with van der Waals surface area (Å²) in [6, 6.07) is 10.1. The van der Waals surface area contributed by atoms with Crippen molar-refractivity contribution in [1.82, 2.24) is 0 Å². The molecular formula is C38H43N. The largest absolute Gasteiger partial charge is 0.192 e. The van der Waals surface area contributed by atoms with E-state index in [-0.39, 0.29) is 5.41 Å². The van der Waals surface area contributed by atoms with E-state index in [1.807, 2.05) is 31.2 Å². The van der Waals surface area contributed by atoms with Gasteiger partial charge in [0.1, 0.15) is 0 Å². The quantitative estimate of drug-likeness (QED) is 0.201. The molecule has 0 saturated heterocycles. The molecule has 0 aliphatic heterocycles. The third-order valence-corrected chi connectivity index (χ3v) is 7.32. The summed E-state index contributed by atoms with van der Waals surface area (Å²) in [4.78, 5) is 0. The van der Waals surface area contributed by atoms with Gasteiger partial charge < -0.3 is 0 Å². The molecule has 1 atom stereocenters. The van der Waals surface area contributed by atoms with Gasteiger partial charge >= 0.3 is 0 Å². The molecule has 1 nitrogen and oxygen atoms in total. The summed E-state index contributed by atoms with van der Waals surface area (Å²) in [5, 5.41) is 9.29. The minimum atomic E-state index is -0.156. The van der Waals surface area contributed by atoms with E-state index >= 15 is 0 Å². The molecule has 0 saturated carbocycles. The van der Waals surface area contributed by atoms with Crippen LogP contribution in [-0.4, -0.2) is 0 Å². The van der Waals surface area contributed by atoms with E-state index in [2.05, 4.69) is 94.9 Å². The zero-order chi connectivity index (χ0) is 28.8. The Hall–Kier alpha value is -4.07. The summed E-state index contributed by atoms with van der Waals surface area (Å²) < 4.78 is 0. The number of benzene rings is 1. The zero-order valence-electron chi connectivity index (χ0n) is 24.5. The van der Waals surface area contributed by atoms with Crippen LogP contribution in [0.2, 0.25) is 0 Å². The van der Waals surface area contributed by atoms with Gasteiger partial charge in [0, 0.05) is 5.41 Å². The van der Waals surface area contributed by atoms with E-state index in [0.29, 0.717) is 5.56 Å². The molecule has 0 radical (unpaired) electrons. The number of rotatable bonds is 12. The molecule has 1 heteroatoms. The average Bonchev–Trinajstić information content (AvgIpc) is 2.94. The highest BCUT2D eigenvalue weighted by Crippen LogP contribution is 2.46. The van der Waals surface area contributed by atoms with Crippen molar-refractivity contribution in [3.8, 4) is 18.4 Å². The van der Waals surface area contributed by atoms with Crippen LogP contribution in [0.5, 0.6) is 0 Å². The topological polar surface area (TPSA) is 23.8 Å². The lowest BCUT2D eigenvalue weighted by Crippen LogP contribution is -2.23. The Morgan fingerprint density at radius 2 is 1.87 bits per heavy atom. The van der Waals surface area contributed by atoms with Crippen LogP contribution in [0.1, 0.15) is 71.4 Å². The lowest BCUT2D eigenvalue weighted by molar-refractivity contribution is 0.450. The van der Waals surface area contributed by atoms with Crippen molar-refractivity contribution in [3.63, 3.8) is 0 Å². The molecule has 0 spiro atoms. The Morgan fingerprint density at radius 3 is 2.41 bits per heavy atom. The highest BCUT2D eigenvalue weighted by atomic mass is 14.4. The molecule has 1 aliphatic rings. The van der Waals surface area contributed by atoms with Crippen molar-refractivity contribution in [2.24, 2.45) is 5.41 Å². The molecule has 200 valence electrons. The maximum absolute atomic E-state index is 9.29. The fraction of sp³-hybridized carbons (Fsp3) is 0.289. The first-order chi connectivity index (χ1) is 18.7. The zero-order valence-corrected chi connectivity index (χ0v) is 24.5. The van der Waals surface area contributed by atoms with E-state index in [4.69, 9.17) is 13.0 Å². The summed E-state index contributed by atoms with van der Waals surface area (Å²) in [5.74, 6) is 2.61. The number of allylic oxidation sites excluding steroid dienone is 16. The number of nitriles is 1. The van der Waals surface area contributed by atoms with Crippen LogP contribution in [0.3, 0.4) is 0 Å². The van der Waals surface area contributed by atoms with Gasteiger partial charge in [-0.05, 0) is 105 Å². The fourth-order valence-corrected chi connectivity index (χ4v) is 4.94. The Balaban J connectivity index is 2.76. The molecule has 0 heterocycles. The second-order valence-electron chi connectivity index (χ2n) is 10.1. The lowest BCUT2D eigenvalue weighted by Gasteiger charge is -2.36. The molecule has 0 N–H and O–H groups in total. The molecule has 1 aliphatic carbocycles. The molecule has 1 aromatic carbocycles. The number of nitrogens with zero attached hydrogens (tertiary/aromatic N) is 1. The summed E-state index contributed by atoms with van der Waals surface area (Å²) >= 11 is 0. The first-order valence-corrected chi connectivity index (χ1v) is 13.8. The molecule has 1 unspecified atom stereocenters. The predicted octanol–water partition coefficient (Wildman–Crippen LogP) is 10.3. The van der Waals surface area contributed by atoms with Gasteiger partial charge in [-0.2, -0.15) is 5.26 Å². The highest BCUT2D eigenvalue weighted by molar-refractivity contribution is 5.62. The first-order valence-electron chi connectivity index (χ1n) is 13.8. The van der Waals surface area contributed by atoms with Crippen molar-refractivity contribution < 1.29 is 0 Å². The van der Waals surface area contributed by atoms with Crippen molar-refractivity contribution in [3.05, 3.63) is 142 Å². The second kappa shape index (κ2) is 15.4. The maximum Gasteiger partial charge on any atom is 0.0991 e. The average molecular weight is 514 g/mol. The predicted molar refractivity (Wildman–Crippen MR) is 170 cm³/mol. The third kappa shape index (κ3) is 8.46. The SMILES string of the molecule is C#C/C=C(C)\C=C/C\C(Cc1ccc(C#N)cc1)=C(C(=C)C(=C)C1(CC)C=CC(C)=CC1)/C(/C=C\C)=C/CC. The Morgan fingerprint density at radius 1 is 1.15 bits per heavy atom. The van der Waals surface area contributed by atoms with Crippen LogP contribution in [0.15, 0.2) is 131 Å². The molecule has 39 heavy (non-hydrogen) atoms. The maximum atomic E-state index is 9.29. The first kappa shape index (κ1) is 31.1. The molecule has 1 aromatic rings. The van der Waals surface area contributed by atoms with Crippen LogP contribution in [0.4, 0.5) is 0 Å². The molecular weight excluding hydrogens is 470 g/mol. The van der Waals surface area contributed by atoms with Crippen LogP contribution in [-0.2, 0) is 6.42 Å². The molecule has 0 aromatic heterocycles. The van der Waals surface area contributed by atoms with Gasteiger partial charge in [-0.15, -0.1) is 6.42 Å². The normalized spacial score (nSPS) is 18.5. The molecule has 2 rings (SSSR count). The van der Waals surface area contributed by atoms with Gasteiger partial charge in [0.15, 0.2) is 0 Å². The van der Waals surface area contributed by atoms with Crippen molar-refractivity contribution in [2.45, 2.75) is 66.7 Å². The Labute approximate surface area is 237 Å². The van der Waals surface area contributed by atoms with E-state index in [0.717, 1.165) is 65.5 Å². The second-order valence-corrected chi connectivity index (χ2v) is 10.1. The van der Waals surface area contributed by atoms with Crippen LogP contribution in [0.25, 0.3) is 0 Å². The van der Waals surface area contributed by atoms with Gasteiger partial charge in [-0.1, -0.05) is 105 Å². The van der Waals surface area contributed by atoms with E-state index in [1.54, 1.807) is 6.08 Å². The lowest BCUT2D eigenvalue weighted by atomic mass is 9.68. The molecule has 0 bridgehead atoms. The standard InChI is InChI=1S/C38H43N/c1-9-14-29(5)17-13-18-36(27-33-19-21-34(28-39)22-20-33)37(35(15-10-2)16-11-3)31(7)32(8)38(12-4)25-23-30(6)24-26-38/h1,10,13-17,19-25H,7-8,11-12,18,26-27H2,2-6H3/b15-10-,17-13-,29-14-,35-16+,37-36+. The minimum absolute atomic E-state index is 0.156. The Bertz CT molecular complexity index is 1350. The smallest absolute Gasteiger partial charge is 0.0991 e. The van der Waals surface area contributed by atoms with Gasteiger partial charge in [-0.25, -0.2) is 0 Å². The van der Waals surface area contributed by atoms with Crippen LogP contribution < -0.4 is 0 Å². The van der Waals surface area contributed by atoms with Crippen LogP contribution in [0, 0.1) is 29.1 Å². The monoisotopic (exact) mass is 513 g/mol. The number of terminal acetylenes is 1. The van der Waals surface area contributed by atoms with Crippen molar-refractivity contribution in [2.75, 3.05) is 0 Å². The number of hydrogen-bond acceptors (Lipinski definition) is 1. The minimum Gasteiger partial charge on any atom is -0.192 e. The van der Waals surface area contributed by atoms with Crippen molar-refractivity contribution >= 4 is 0 Å². The number of hydrogen-bond donors (Lipinski definition) is 0. The van der Waals surface area contributed by atoms with Gasteiger partial charge in [-0.3, -0.25) is 0 Å². The van der Waals surface area contributed by atoms with Gasteiger partial charge in [0.05, 0.1) is 11.6 Å². The molecule has 0 amide bonds. The Kier molecular flexibility index (Phi) is 12.3. The summed E-state index contributed by atoms with van der Waals surface area (Å²) in [6.45, 7) is 20.0.